The van der Waals surface area contributed by atoms with Gasteiger partial charge in [0.2, 0.25) is 5.91 Å². The Morgan fingerprint density at radius 3 is 3.06 bits per heavy atom. The fourth-order valence-electron chi connectivity index (χ4n) is 1.40. The number of hydrogen-bond acceptors (Lipinski definition) is 3. The molecular weight excluding hydrogens is 258 g/mol. The molecule has 17 heavy (non-hydrogen) atoms. The van der Waals surface area contributed by atoms with Crippen LogP contribution < -0.4 is 5.32 Å². The molecule has 6 heteroatoms. The van der Waals surface area contributed by atoms with Gasteiger partial charge in [0.15, 0.2) is 0 Å². The predicted octanol–water partition coefficient (Wildman–Crippen LogP) is 2.48. The van der Waals surface area contributed by atoms with Crippen LogP contribution >= 0.6 is 22.9 Å². The van der Waals surface area contributed by atoms with E-state index in [0.717, 1.165) is 9.21 Å². The van der Waals surface area contributed by atoms with E-state index in [1.807, 2.05) is 19.1 Å². The van der Waals surface area contributed by atoms with Crippen LogP contribution in [0, 0.1) is 0 Å². The number of halogens is 1. The number of rotatable bonds is 4. The van der Waals surface area contributed by atoms with E-state index < -0.39 is 0 Å². The molecule has 2 aromatic heterocycles. The number of nitrogens with zero attached hydrogens (tertiary/aromatic N) is 2. The second-order valence-corrected chi connectivity index (χ2v) is 5.39. The van der Waals surface area contributed by atoms with Crippen molar-refractivity contribution in [2.24, 2.45) is 0 Å². The number of amides is 1. The Hall–Kier alpha value is -1.33. The quantitative estimate of drug-likeness (QED) is 0.927. The van der Waals surface area contributed by atoms with E-state index >= 15 is 0 Å². The van der Waals surface area contributed by atoms with Crippen molar-refractivity contribution >= 4 is 28.8 Å². The molecule has 2 rings (SSSR count). The van der Waals surface area contributed by atoms with E-state index in [9.17, 15) is 4.79 Å². The minimum Gasteiger partial charge on any atom is -0.349 e. The molecule has 1 atom stereocenters. The molecule has 0 unspecified atom stereocenters. The first-order valence-corrected chi connectivity index (χ1v) is 6.37. The monoisotopic (exact) mass is 269 g/mol. The van der Waals surface area contributed by atoms with Crippen molar-refractivity contribution in [3.63, 3.8) is 0 Å². The van der Waals surface area contributed by atoms with E-state index in [0.29, 0.717) is 6.54 Å². The van der Waals surface area contributed by atoms with Gasteiger partial charge in [0, 0.05) is 17.3 Å². The molecular formula is C11H12ClN3OS. The van der Waals surface area contributed by atoms with Crippen LogP contribution in [0.15, 0.2) is 30.6 Å². The zero-order valence-electron chi connectivity index (χ0n) is 9.26. The second-order valence-electron chi connectivity index (χ2n) is 3.59. The lowest BCUT2D eigenvalue weighted by Gasteiger charge is -2.11. The SMILES string of the molecule is C[C@@H](C(=O)NCc1ccc(Cl)s1)n1cccn1. The minimum absolute atomic E-state index is 0.0572. The highest BCUT2D eigenvalue weighted by Crippen LogP contribution is 2.21. The van der Waals surface area contributed by atoms with E-state index in [-0.39, 0.29) is 11.9 Å². The molecule has 0 saturated carbocycles. The van der Waals surface area contributed by atoms with Crippen LogP contribution in [0.4, 0.5) is 0 Å². The largest absolute Gasteiger partial charge is 0.349 e. The van der Waals surface area contributed by atoms with Crippen molar-refractivity contribution in [1.82, 2.24) is 15.1 Å². The number of thiophene rings is 1. The summed E-state index contributed by atoms with van der Waals surface area (Å²) < 4.78 is 2.35. The molecule has 0 spiro atoms. The molecule has 0 aliphatic rings. The highest BCUT2D eigenvalue weighted by Gasteiger charge is 2.14. The molecule has 0 fully saturated rings. The standard InChI is InChI=1S/C11H12ClN3OS/c1-8(15-6-2-5-14-15)11(16)13-7-9-3-4-10(12)17-9/h2-6,8H,7H2,1H3,(H,13,16)/t8-/m0/s1. The lowest BCUT2D eigenvalue weighted by atomic mass is 10.3. The average molecular weight is 270 g/mol. The summed E-state index contributed by atoms with van der Waals surface area (Å²) in [6.07, 6.45) is 3.43. The third kappa shape index (κ3) is 3.08. The van der Waals surface area contributed by atoms with Crippen LogP contribution in [0.5, 0.6) is 0 Å². The summed E-state index contributed by atoms with van der Waals surface area (Å²) in [4.78, 5) is 12.9. The summed E-state index contributed by atoms with van der Waals surface area (Å²) in [6, 6.07) is 5.22. The Kier molecular flexibility index (Phi) is 3.81. The van der Waals surface area contributed by atoms with E-state index in [2.05, 4.69) is 10.4 Å². The van der Waals surface area contributed by atoms with E-state index in [1.54, 1.807) is 23.1 Å². The topological polar surface area (TPSA) is 46.9 Å². The Morgan fingerprint density at radius 1 is 1.65 bits per heavy atom. The average Bonchev–Trinajstić information content (AvgIpc) is 2.95. The predicted molar refractivity (Wildman–Crippen MR) is 68.1 cm³/mol. The maximum Gasteiger partial charge on any atom is 0.244 e. The van der Waals surface area contributed by atoms with E-state index in [4.69, 9.17) is 11.6 Å². The first kappa shape index (κ1) is 12.1. The Bertz CT molecular complexity index is 495. The summed E-state index contributed by atoms with van der Waals surface area (Å²) in [5, 5.41) is 6.89. The molecule has 1 amide bonds. The highest BCUT2D eigenvalue weighted by molar-refractivity contribution is 7.16. The maximum atomic E-state index is 11.8. The number of carbonyl (C=O) groups excluding carboxylic acids is 1. The van der Waals surface area contributed by atoms with E-state index in [1.165, 1.54) is 11.3 Å². The fraction of sp³-hybridized carbons (Fsp3) is 0.273. The molecule has 0 aliphatic heterocycles. The van der Waals surface area contributed by atoms with Gasteiger partial charge in [-0.1, -0.05) is 11.6 Å². The number of nitrogens with one attached hydrogen (secondary N) is 1. The first-order chi connectivity index (χ1) is 8.16. The van der Waals surface area contributed by atoms with Crippen LogP contribution in [-0.4, -0.2) is 15.7 Å². The highest BCUT2D eigenvalue weighted by atomic mass is 35.5. The van der Waals surface area contributed by atoms with Crippen LogP contribution in [0.1, 0.15) is 17.8 Å². The zero-order valence-corrected chi connectivity index (χ0v) is 10.8. The van der Waals surface area contributed by atoms with Gasteiger partial charge in [0.05, 0.1) is 10.9 Å². The van der Waals surface area contributed by atoms with Crippen molar-refractivity contribution in [2.45, 2.75) is 19.5 Å². The molecule has 0 aliphatic carbocycles. The molecule has 0 bridgehead atoms. The maximum absolute atomic E-state index is 11.8. The van der Waals surface area contributed by atoms with Crippen LogP contribution in [0.3, 0.4) is 0 Å². The van der Waals surface area contributed by atoms with Gasteiger partial charge in [-0.05, 0) is 25.1 Å². The summed E-state index contributed by atoms with van der Waals surface area (Å²) >= 11 is 7.28. The van der Waals surface area contributed by atoms with Gasteiger partial charge in [0.25, 0.3) is 0 Å². The lowest BCUT2D eigenvalue weighted by Crippen LogP contribution is -2.30. The molecule has 0 saturated heterocycles. The summed E-state index contributed by atoms with van der Waals surface area (Å²) in [5.74, 6) is -0.0572. The molecule has 0 aromatic carbocycles. The third-order valence-electron chi connectivity index (χ3n) is 2.37. The van der Waals surface area contributed by atoms with Gasteiger partial charge in [-0.3, -0.25) is 9.48 Å². The lowest BCUT2D eigenvalue weighted by molar-refractivity contribution is -0.124. The van der Waals surface area contributed by atoms with Gasteiger partial charge in [-0.25, -0.2) is 0 Å². The fourth-order valence-corrected chi connectivity index (χ4v) is 2.43. The van der Waals surface area contributed by atoms with Crippen LogP contribution in [-0.2, 0) is 11.3 Å². The molecule has 2 aromatic rings. The minimum atomic E-state index is -0.305. The van der Waals surface area contributed by atoms with Crippen LogP contribution in [0.2, 0.25) is 4.34 Å². The Balaban J connectivity index is 1.89. The van der Waals surface area contributed by atoms with Crippen LogP contribution in [0.25, 0.3) is 0 Å². The summed E-state index contributed by atoms with van der Waals surface area (Å²) in [7, 11) is 0. The normalized spacial score (nSPS) is 12.4. The van der Waals surface area contributed by atoms with Gasteiger partial charge < -0.3 is 5.32 Å². The van der Waals surface area contributed by atoms with Gasteiger partial charge in [-0.2, -0.15) is 5.10 Å². The van der Waals surface area contributed by atoms with Crippen molar-refractivity contribution in [1.29, 1.82) is 0 Å². The van der Waals surface area contributed by atoms with Crippen molar-refractivity contribution in [3.05, 3.63) is 39.8 Å². The van der Waals surface area contributed by atoms with Gasteiger partial charge in [-0.15, -0.1) is 11.3 Å². The summed E-state index contributed by atoms with van der Waals surface area (Å²) in [6.45, 7) is 2.31. The van der Waals surface area contributed by atoms with Gasteiger partial charge >= 0.3 is 0 Å². The molecule has 4 nitrogen and oxygen atoms in total. The smallest absolute Gasteiger partial charge is 0.244 e. The van der Waals surface area contributed by atoms with Crippen molar-refractivity contribution < 1.29 is 4.79 Å². The molecule has 1 N–H and O–H groups in total. The number of carbonyl (C=O) groups is 1. The molecule has 2 heterocycles. The molecule has 90 valence electrons. The Morgan fingerprint density at radius 2 is 2.47 bits per heavy atom. The van der Waals surface area contributed by atoms with Crippen molar-refractivity contribution in [2.75, 3.05) is 0 Å². The third-order valence-corrected chi connectivity index (χ3v) is 3.60. The second kappa shape index (κ2) is 5.33. The number of hydrogen-bond donors (Lipinski definition) is 1. The molecule has 0 radical (unpaired) electrons. The van der Waals surface area contributed by atoms with Gasteiger partial charge in [0.1, 0.15) is 6.04 Å². The van der Waals surface area contributed by atoms with Crippen molar-refractivity contribution in [3.8, 4) is 0 Å². The first-order valence-electron chi connectivity index (χ1n) is 5.18. The Labute approximate surface area is 108 Å². The summed E-state index contributed by atoms with van der Waals surface area (Å²) in [5.41, 5.74) is 0. The number of aromatic nitrogens is 2. The zero-order chi connectivity index (χ0) is 12.3.